The van der Waals surface area contributed by atoms with E-state index in [9.17, 15) is 9.59 Å². The molecule has 0 saturated carbocycles. The molecule has 0 aromatic rings. The monoisotopic (exact) mass is 427 g/mol. The van der Waals surface area contributed by atoms with E-state index >= 15 is 0 Å². The number of hydrogen-bond donors (Lipinski definition) is 0. The lowest BCUT2D eigenvalue weighted by Crippen LogP contribution is -2.32. The number of hydrogen-bond acceptors (Lipinski definition) is 4. The molecule has 5 nitrogen and oxygen atoms in total. The molecule has 0 radical (unpaired) electrons. The molecule has 1 rings (SSSR count). The second-order valence-electron chi connectivity index (χ2n) is 6.17. The number of halogens is 1. The van der Waals surface area contributed by atoms with E-state index < -0.39 is 5.60 Å². The lowest BCUT2D eigenvalue weighted by atomic mass is 10.2. The van der Waals surface area contributed by atoms with Crippen LogP contribution in [0.25, 0.3) is 0 Å². The van der Waals surface area contributed by atoms with E-state index in [1.807, 2.05) is 47.6 Å². The van der Waals surface area contributed by atoms with Crippen LogP contribution in [0.4, 0.5) is 4.79 Å². The van der Waals surface area contributed by atoms with Crippen molar-refractivity contribution in [3.8, 4) is 0 Å². The van der Waals surface area contributed by atoms with E-state index in [0.29, 0.717) is 6.47 Å². The minimum Gasteiger partial charge on any atom is -0.462 e. The van der Waals surface area contributed by atoms with E-state index in [0.717, 1.165) is 13.0 Å². The van der Waals surface area contributed by atoms with Crippen molar-refractivity contribution in [3.63, 3.8) is 0 Å². The molecule has 0 atom stereocenters. The van der Waals surface area contributed by atoms with Gasteiger partial charge >= 0.3 is 6.09 Å². The van der Waals surface area contributed by atoms with Crippen molar-refractivity contribution < 1.29 is 19.1 Å². The summed E-state index contributed by atoms with van der Waals surface area (Å²) in [6, 6.07) is 0. The lowest BCUT2D eigenvalue weighted by Gasteiger charge is -2.23. The van der Waals surface area contributed by atoms with Gasteiger partial charge in [-0.15, -0.1) is 37.1 Å². The van der Waals surface area contributed by atoms with Crippen LogP contribution in [-0.4, -0.2) is 35.2 Å². The van der Waals surface area contributed by atoms with Gasteiger partial charge in [0.15, 0.2) is 0 Å². The molecular formula is C16H30INO4. The summed E-state index contributed by atoms with van der Waals surface area (Å²) in [6.45, 7) is 18.3. The van der Waals surface area contributed by atoms with Crippen molar-refractivity contribution in [1.29, 1.82) is 0 Å². The molecule has 0 unspecified atom stereocenters. The Morgan fingerprint density at radius 2 is 1.64 bits per heavy atom. The predicted octanol–water partition coefficient (Wildman–Crippen LogP) is 4.52. The summed E-state index contributed by atoms with van der Waals surface area (Å²) in [5.74, 6) is 0. The topological polar surface area (TPSA) is 55.8 Å². The highest BCUT2D eigenvalue weighted by Gasteiger charge is 2.21. The SMILES string of the molecule is C=C.CC(C)(C)OC(=O)N1C=CCC1.CC(C)(C)OC=O.I. The van der Waals surface area contributed by atoms with Crippen LogP contribution in [-0.2, 0) is 14.3 Å². The van der Waals surface area contributed by atoms with E-state index in [4.69, 9.17) is 4.74 Å². The molecule has 1 amide bonds. The van der Waals surface area contributed by atoms with Crippen LogP contribution >= 0.6 is 24.0 Å². The molecule has 130 valence electrons. The van der Waals surface area contributed by atoms with Crippen LogP contribution in [0.2, 0.25) is 0 Å². The van der Waals surface area contributed by atoms with E-state index in [1.54, 1.807) is 11.1 Å². The number of rotatable bonds is 1. The maximum Gasteiger partial charge on any atom is 0.414 e. The molecule has 6 heteroatoms. The number of carbonyl (C=O) groups is 2. The minimum absolute atomic E-state index is 0. The van der Waals surface area contributed by atoms with Gasteiger partial charge in [0.05, 0.1) is 0 Å². The van der Waals surface area contributed by atoms with Crippen molar-refractivity contribution in [2.75, 3.05) is 6.54 Å². The quantitative estimate of drug-likeness (QED) is 0.351. The second-order valence-corrected chi connectivity index (χ2v) is 6.17. The van der Waals surface area contributed by atoms with Crippen LogP contribution in [0.15, 0.2) is 25.4 Å². The molecule has 1 heterocycles. The zero-order chi connectivity index (χ0) is 17.1. The Balaban J connectivity index is -0.000000313. The second kappa shape index (κ2) is 12.5. The molecule has 22 heavy (non-hydrogen) atoms. The molecule has 1 aliphatic rings. The van der Waals surface area contributed by atoms with Crippen molar-refractivity contribution in [2.45, 2.75) is 59.2 Å². The van der Waals surface area contributed by atoms with Gasteiger partial charge in [-0.1, -0.05) is 6.08 Å². The third-order valence-corrected chi connectivity index (χ3v) is 1.85. The first-order valence-electron chi connectivity index (χ1n) is 6.83. The van der Waals surface area contributed by atoms with Gasteiger partial charge in [0.25, 0.3) is 6.47 Å². The molecule has 0 spiro atoms. The Hall–Kier alpha value is -1.05. The zero-order valence-electron chi connectivity index (χ0n) is 14.5. The molecule has 0 bridgehead atoms. The fourth-order valence-electron chi connectivity index (χ4n) is 1.11. The highest BCUT2D eigenvalue weighted by molar-refractivity contribution is 14.0. The third kappa shape index (κ3) is 17.0. The maximum atomic E-state index is 11.3. The largest absolute Gasteiger partial charge is 0.462 e. The summed E-state index contributed by atoms with van der Waals surface area (Å²) in [7, 11) is 0. The van der Waals surface area contributed by atoms with Crippen molar-refractivity contribution in [2.24, 2.45) is 0 Å². The van der Waals surface area contributed by atoms with Gasteiger partial charge in [0, 0.05) is 12.7 Å². The number of amides is 1. The Morgan fingerprint density at radius 3 is 1.86 bits per heavy atom. The molecular weight excluding hydrogens is 397 g/mol. The van der Waals surface area contributed by atoms with Gasteiger partial charge in [0.1, 0.15) is 11.2 Å². The van der Waals surface area contributed by atoms with Crippen LogP contribution in [0, 0.1) is 0 Å². The van der Waals surface area contributed by atoms with Gasteiger partial charge in [0.2, 0.25) is 0 Å². The summed E-state index contributed by atoms with van der Waals surface area (Å²) in [5.41, 5.74) is -0.713. The first kappa shape index (κ1) is 25.9. The summed E-state index contributed by atoms with van der Waals surface area (Å²) in [4.78, 5) is 22.5. The Labute approximate surface area is 151 Å². The van der Waals surface area contributed by atoms with E-state index in [2.05, 4.69) is 17.9 Å². The predicted molar refractivity (Wildman–Crippen MR) is 100 cm³/mol. The Bertz CT molecular complexity index is 343. The number of carbonyl (C=O) groups excluding carboxylic acids is 2. The van der Waals surface area contributed by atoms with Crippen molar-refractivity contribution >= 4 is 36.5 Å². The fraction of sp³-hybridized carbons (Fsp3) is 0.625. The average Bonchev–Trinajstić information content (AvgIpc) is 2.82. The van der Waals surface area contributed by atoms with Crippen LogP contribution in [0.3, 0.4) is 0 Å². The van der Waals surface area contributed by atoms with Crippen LogP contribution in [0.5, 0.6) is 0 Å². The number of ether oxygens (including phenoxy) is 2. The normalized spacial score (nSPS) is 12.7. The average molecular weight is 427 g/mol. The van der Waals surface area contributed by atoms with Crippen LogP contribution in [0.1, 0.15) is 48.0 Å². The smallest absolute Gasteiger partial charge is 0.414 e. The first-order chi connectivity index (χ1) is 9.55. The molecule has 0 fully saturated rings. The summed E-state index contributed by atoms with van der Waals surface area (Å²) < 4.78 is 9.71. The highest BCUT2D eigenvalue weighted by Crippen LogP contribution is 2.12. The maximum absolute atomic E-state index is 11.3. The minimum atomic E-state index is -0.395. The Kier molecular flexibility index (Phi) is 14.7. The summed E-state index contributed by atoms with van der Waals surface area (Å²) >= 11 is 0. The molecule has 0 aromatic heterocycles. The van der Waals surface area contributed by atoms with Gasteiger partial charge in [-0.3, -0.25) is 9.69 Å². The highest BCUT2D eigenvalue weighted by atomic mass is 127. The van der Waals surface area contributed by atoms with E-state index in [1.165, 1.54) is 0 Å². The van der Waals surface area contributed by atoms with Crippen LogP contribution < -0.4 is 0 Å². The van der Waals surface area contributed by atoms with Gasteiger partial charge < -0.3 is 9.47 Å². The summed E-state index contributed by atoms with van der Waals surface area (Å²) in [5, 5.41) is 0. The fourth-order valence-corrected chi connectivity index (χ4v) is 1.11. The summed E-state index contributed by atoms with van der Waals surface area (Å²) in [6.07, 6.45) is 4.41. The van der Waals surface area contributed by atoms with Crippen molar-refractivity contribution in [1.82, 2.24) is 4.90 Å². The standard InChI is InChI=1S/C9H15NO2.C5H10O2.C2H4.HI/c1-9(2,3)12-8(11)10-6-4-5-7-10;1-5(2,3)7-4-6;1-2;/h4,6H,5,7H2,1-3H3;4H,1-3H3;1-2H2;1H. The lowest BCUT2D eigenvalue weighted by molar-refractivity contribution is -0.138. The molecule has 0 saturated heterocycles. The third-order valence-electron chi connectivity index (χ3n) is 1.85. The number of nitrogens with zero attached hydrogens (tertiary/aromatic N) is 1. The molecule has 0 N–H and O–H groups in total. The van der Waals surface area contributed by atoms with E-state index in [-0.39, 0.29) is 35.7 Å². The molecule has 1 aliphatic heterocycles. The van der Waals surface area contributed by atoms with Crippen molar-refractivity contribution in [3.05, 3.63) is 25.4 Å². The first-order valence-corrected chi connectivity index (χ1v) is 6.83. The molecule has 0 aliphatic carbocycles. The van der Waals surface area contributed by atoms with Gasteiger partial charge in [-0.05, 0) is 48.0 Å². The molecule has 0 aromatic carbocycles. The zero-order valence-corrected chi connectivity index (χ0v) is 16.9. The van der Waals surface area contributed by atoms with Gasteiger partial charge in [-0.2, -0.15) is 0 Å². The Morgan fingerprint density at radius 1 is 1.14 bits per heavy atom. The van der Waals surface area contributed by atoms with Gasteiger partial charge in [-0.25, -0.2) is 4.79 Å².